The van der Waals surface area contributed by atoms with Gasteiger partial charge in [0.1, 0.15) is 0 Å². The molecule has 2 rings (SSSR count). The summed E-state index contributed by atoms with van der Waals surface area (Å²) < 4.78 is 38.5. The van der Waals surface area contributed by atoms with Crippen molar-refractivity contribution in [2.75, 3.05) is 7.05 Å². The van der Waals surface area contributed by atoms with Gasteiger partial charge in [0.15, 0.2) is 5.01 Å². The van der Waals surface area contributed by atoms with Gasteiger partial charge in [-0.25, -0.2) is 4.98 Å². The summed E-state index contributed by atoms with van der Waals surface area (Å²) in [6, 6.07) is 7.10. The minimum absolute atomic E-state index is 0.316. The molecule has 0 fully saturated rings. The Bertz CT molecular complexity index is 568. The van der Waals surface area contributed by atoms with Crippen LogP contribution in [-0.2, 0) is 6.18 Å². The van der Waals surface area contributed by atoms with Crippen LogP contribution in [-0.4, -0.2) is 12.0 Å². The first kappa shape index (κ1) is 14.5. The first-order valence-corrected chi connectivity index (χ1v) is 6.99. The highest BCUT2D eigenvalue weighted by Gasteiger charge is 2.35. The SMILES string of the molecule is CNC(c1cnc(C(F)(F)F)s1)c1ccccc1Br. The van der Waals surface area contributed by atoms with Crippen LogP contribution in [0.4, 0.5) is 13.2 Å². The quantitative estimate of drug-likeness (QED) is 0.895. The number of aromatic nitrogens is 1. The van der Waals surface area contributed by atoms with E-state index in [1.54, 1.807) is 7.05 Å². The number of nitrogens with zero attached hydrogens (tertiary/aromatic N) is 1. The van der Waals surface area contributed by atoms with Gasteiger partial charge in [0.05, 0.1) is 6.04 Å². The van der Waals surface area contributed by atoms with E-state index in [4.69, 9.17) is 0 Å². The molecule has 2 aromatic rings. The fraction of sp³-hybridized carbons (Fsp3) is 0.250. The Labute approximate surface area is 120 Å². The van der Waals surface area contributed by atoms with Crippen LogP contribution in [0, 0.1) is 0 Å². The van der Waals surface area contributed by atoms with Crippen molar-refractivity contribution in [3.8, 4) is 0 Å². The molecule has 0 aliphatic heterocycles. The van der Waals surface area contributed by atoms with Gasteiger partial charge in [0.2, 0.25) is 0 Å². The molecule has 0 aliphatic carbocycles. The maximum Gasteiger partial charge on any atom is 0.443 e. The van der Waals surface area contributed by atoms with Crippen LogP contribution in [0.25, 0.3) is 0 Å². The van der Waals surface area contributed by atoms with Gasteiger partial charge in [-0.05, 0) is 18.7 Å². The van der Waals surface area contributed by atoms with Crippen molar-refractivity contribution in [2.24, 2.45) is 0 Å². The van der Waals surface area contributed by atoms with Gasteiger partial charge in [-0.1, -0.05) is 34.1 Å². The maximum absolute atomic E-state index is 12.6. The lowest BCUT2D eigenvalue weighted by atomic mass is 10.1. The van der Waals surface area contributed by atoms with Gasteiger partial charge in [0, 0.05) is 15.5 Å². The van der Waals surface area contributed by atoms with Crippen LogP contribution < -0.4 is 5.32 Å². The summed E-state index contributed by atoms with van der Waals surface area (Å²) in [7, 11) is 1.71. The van der Waals surface area contributed by atoms with Crippen LogP contribution in [0.2, 0.25) is 0 Å². The van der Waals surface area contributed by atoms with E-state index in [2.05, 4.69) is 26.2 Å². The Balaban J connectivity index is 2.38. The second kappa shape index (κ2) is 5.60. The van der Waals surface area contributed by atoms with E-state index in [0.717, 1.165) is 10.0 Å². The molecule has 1 aromatic heterocycles. The first-order chi connectivity index (χ1) is 8.93. The zero-order valence-electron chi connectivity index (χ0n) is 9.83. The molecule has 1 atom stereocenters. The standard InChI is InChI=1S/C12H10BrF3N2S/c1-17-10(7-4-2-3-5-8(7)13)9-6-18-11(19-9)12(14,15)16/h2-6,10,17H,1H3. The third-order valence-corrected chi connectivity index (χ3v) is 4.38. The van der Waals surface area contributed by atoms with Gasteiger partial charge < -0.3 is 5.32 Å². The number of rotatable bonds is 3. The zero-order valence-corrected chi connectivity index (χ0v) is 12.2. The molecule has 1 unspecified atom stereocenters. The fourth-order valence-corrected chi connectivity index (χ4v) is 3.14. The second-order valence-electron chi connectivity index (χ2n) is 3.81. The van der Waals surface area contributed by atoms with Crippen LogP contribution in [0.3, 0.4) is 0 Å². The monoisotopic (exact) mass is 350 g/mol. The molecule has 0 aliphatic rings. The molecule has 102 valence electrons. The Morgan fingerprint density at radius 3 is 2.53 bits per heavy atom. The van der Waals surface area contributed by atoms with E-state index in [1.807, 2.05) is 24.3 Å². The Morgan fingerprint density at radius 2 is 2.00 bits per heavy atom. The van der Waals surface area contributed by atoms with Crippen molar-refractivity contribution < 1.29 is 13.2 Å². The largest absolute Gasteiger partial charge is 0.443 e. The van der Waals surface area contributed by atoms with Crippen molar-refractivity contribution in [1.29, 1.82) is 0 Å². The number of nitrogens with one attached hydrogen (secondary N) is 1. The number of halogens is 4. The molecule has 0 amide bonds. The Kier molecular flexibility index (Phi) is 4.27. The summed E-state index contributed by atoms with van der Waals surface area (Å²) in [5, 5.41) is 2.19. The van der Waals surface area contributed by atoms with Gasteiger partial charge >= 0.3 is 6.18 Å². The van der Waals surface area contributed by atoms with Crippen LogP contribution in [0.1, 0.15) is 21.5 Å². The highest BCUT2D eigenvalue weighted by molar-refractivity contribution is 9.10. The van der Waals surface area contributed by atoms with Crippen LogP contribution >= 0.6 is 27.3 Å². The minimum atomic E-state index is -4.39. The summed E-state index contributed by atoms with van der Waals surface area (Å²) >= 11 is 4.06. The van der Waals surface area contributed by atoms with E-state index < -0.39 is 11.2 Å². The molecule has 0 saturated heterocycles. The molecule has 0 bridgehead atoms. The predicted molar refractivity (Wildman–Crippen MR) is 72.2 cm³/mol. The van der Waals surface area contributed by atoms with E-state index in [1.165, 1.54) is 6.20 Å². The first-order valence-electron chi connectivity index (χ1n) is 5.38. The van der Waals surface area contributed by atoms with Gasteiger partial charge in [0.25, 0.3) is 0 Å². The Morgan fingerprint density at radius 1 is 1.32 bits per heavy atom. The molecule has 1 heterocycles. The van der Waals surface area contributed by atoms with Crippen LogP contribution in [0.15, 0.2) is 34.9 Å². The smallest absolute Gasteiger partial charge is 0.309 e. The van der Waals surface area contributed by atoms with Gasteiger partial charge in [-0.3, -0.25) is 0 Å². The van der Waals surface area contributed by atoms with E-state index in [9.17, 15) is 13.2 Å². The number of thiazole rings is 1. The number of alkyl halides is 3. The van der Waals surface area contributed by atoms with E-state index in [-0.39, 0.29) is 6.04 Å². The van der Waals surface area contributed by atoms with Crippen molar-refractivity contribution in [2.45, 2.75) is 12.2 Å². The topological polar surface area (TPSA) is 24.9 Å². The van der Waals surface area contributed by atoms with Crippen LogP contribution in [0.5, 0.6) is 0 Å². The second-order valence-corrected chi connectivity index (χ2v) is 5.73. The predicted octanol–water partition coefficient (Wildman–Crippen LogP) is 4.23. The zero-order chi connectivity index (χ0) is 14.0. The molecular formula is C12H10BrF3N2S. The summed E-state index contributed by atoms with van der Waals surface area (Å²) in [6.07, 6.45) is -3.12. The summed E-state index contributed by atoms with van der Waals surface area (Å²) in [5.74, 6) is 0. The fourth-order valence-electron chi connectivity index (χ4n) is 1.71. The molecule has 0 saturated carbocycles. The molecule has 1 N–H and O–H groups in total. The maximum atomic E-state index is 12.6. The van der Waals surface area contributed by atoms with Gasteiger partial charge in [-0.15, -0.1) is 11.3 Å². The number of benzene rings is 1. The normalized spacial score (nSPS) is 13.5. The van der Waals surface area contributed by atoms with E-state index >= 15 is 0 Å². The van der Waals surface area contributed by atoms with Crippen molar-refractivity contribution in [3.05, 3.63) is 50.4 Å². The number of hydrogen-bond acceptors (Lipinski definition) is 3. The third kappa shape index (κ3) is 3.16. The van der Waals surface area contributed by atoms with Crippen molar-refractivity contribution in [1.82, 2.24) is 10.3 Å². The molecule has 2 nitrogen and oxygen atoms in total. The summed E-state index contributed by atoms with van der Waals surface area (Å²) in [4.78, 5) is 3.98. The summed E-state index contributed by atoms with van der Waals surface area (Å²) in [6.45, 7) is 0. The lowest BCUT2D eigenvalue weighted by molar-refractivity contribution is -0.137. The van der Waals surface area contributed by atoms with Crippen molar-refractivity contribution >= 4 is 27.3 Å². The molecular weight excluding hydrogens is 341 g/mol. The Hall–Kier alpha value is -0.920. The average molecular weight is 351 g/mol. The number of hydrogen-bond donors (Lipinski definition) is 1. The molecule has 0 spiro atoms. The highest BCUT2D eigenvalue weighted by Crippen LogP contribution is 2.37. The molecule has 1 aromatic carbocycles. The van der Waals surface area contributed by atoms with Crippen molar-refractivity contribution in [3.63, 3.8) is 0 Å². The third-order valence-electron chi connectivity index (χ3n) is 2.56. The molecule has 19 heavy (non-hydrogen) atoms. The molecule has 0 radical (unpaired) electrons. The van der Waals surface area contributed by atoms with Gasteiger partial charge in [-0.2, -0.15) is 13.2 Å². The highest BCUT2D eigenvalue weighted by atomic mass is 79.9. The lowest BCUT2D eigenvalue weighted by Crippen LogP contribution is -2.16. The average Bonchev–Trinajstić information content (AvgIpc) is 2.82. The van der Waals surface area contributed by atoms with E-state index in [0.29, 0.717) is 16.2 Å². The lowest BCUT2D eigenvalue weighted by Gasteiger charge is -2.16. The minimum Gasteiger partial charge on any atom is -0.309 e. The molecule has 7 heteroatoms. The summed E-state index contributed by atoms with van der Waals surface area (Å²) in [5.41, 5.74) is 0.877.